The number of benzene rings is 1. The lowest BCUT2D eigenvalue weighted by molar-refractivity contribution is -0.920. The van der Waals surface area contributed by atoms with Crippen molar-refractivity contribution >= 4 is 75.4 Å². The lowest BCUT2D eigenvalue weighted by Crippen LogP contribution is -2.71. The van der Waals surface area contributed by atoms with E-state index in [1.807, 2.05) is 7.05 Å². The molecule has 5 heterocycles. The van der Waals surface area contributed by atoms with E-state index in [4.69, 9.17) is 22.2 Å². The largest absolute Gasteiger partial charge is 0.504 e. The summed E-state index contributed by atoms with van der Waals surface area (Å²) in [6.07, 6.45) is 0.656. The first kappa shape index (κ1) is 35.2. The second kappa shape index (κ2) is 12.6. The number of fused-ring (bicyclic) bond motifs is 3. The first-order valence-electron chi connectivity index (χ1n) is 15.1. The SMILES string of the molecule is CC(C)(O/N=C(\C(=O)N[C@@H]1C(=O)N2C(C(=O)O)=C(C[N+]3(C)C[C@H]4C[C@@H]3CN4C(=O)c3ccc(O)c(O)c3Cl)CS[C@H]12)c1nsc(N)n1)C(=O)O. The van der Waals surface area contributed by atoms with E-state index >= 15 is 0 Å². The Labute approximate surface area is 296 Å². The van der Waals surface area contributed by atoms with Crippen LogP contribution in [0.5, 0.6) is 11.5 Å². The number of carbonyl (C=O) groups is 5. The lowest BCUT2D eigenvalue weighted by Gasteiger charge is -2.50. The number of carboxylic acids is 2. The number of oxime groups is 1. The highest BCUT2D eigenvalue weighted by atomic mass is 35.5. The van der Waals surface area contributed by atoms with E-state index in [0.717, 1.165) is 16.4 Å². The zero-order chi connectivity index (χ0) is 36.4. The van der Waals surface area contributed by atoms with Crippen LogP contribution in [-0.2, 0) is 24.0 Å². The number of hydrogen-bond donors (Lipinski definition) is 6. The average molecular weight is 752 g/mol. The summed E-state index contributed by atoms with van der Waals surface area (Å²) in [6, 6.07) is 1.18. The summed E-state index contributed by atoms with van der Waals surface area (Å²) in [5.74, 6) is -5.68. The quantitative estimate of drug-likeness (QED) is 0.0626. The van der Waals surface area contributed by atoms with Crippen molar-refractivity contribution in [2.24, 2.45) is 5.16 Å². The van der Waals surface area contributed by atoms with Crippen LogP contribution in [0.3, 0.4) is 0 Å². The third-order valence-corrected chi connectivity index (χ3v) is 11.6. The number of phenols is 2. The molecule has 266 valence electrons. The molecule has 7 N–H and O–H groups in total. The van der Waals surface area contributed by atoms with Crippen LogP contribution in [0.4, 0.5) is 5.13 Å². The molecule has 1 aromatic carbocycles. The minimum atomic E-state index is -1.82. The number of halogens is 1. The van der Waals surface area contributed by atoms with E-state index in [9.17, 15) is 44.4 Å². The van der Waals surface area contributed by atoms with E-state index in [2.05, 4.69) is 19.8 Å². The fraction of sp³-hybridized carbons (Fsp3) is 0.448. The fourth-order valence-corrected chi connectivity index (χ4v) is 8.64. The number of nitrogens with zero attached hydrogens (tertiary/aromatic N) is 6. The maximum absolute atomic E-state index is 13.4. The van der Waals surface area contributed by atoms with Crippen LogP contribution in [0.15, 0.2) is 28.6 Å². The molecular weight excluding hydrogens is 720 g/mol. The Bertz CT molecular complexity index is 1900. The van der Waals surface area contributed by atoms with Crippen molar-refractivity contribution in [3.05, 3.63) is 39.8 Å². The Morgan fingerprint density at radius 1 is 1.24 bits per heavy atom. The van der Waals surface area contributed by atoms with Crippen LogP contribution in [0.25, 0.3) is 0 Å². The first-order chi connectivity index (χ1) is 23.4. The van der Waals surface area contributed by atoms with Crippen LogP contribution >= 0.6 is 34.9 Å². The van der Waals surface area contributed by atoms with Crippen molar-refractivity contribution in [1.82, 2.24) is 24.5 Å². The Hall–Kier alpha value is -4.66. The molecule has 2 aromatic rings. The molecule has 21 heteroatoms. The van der Waals surface area contributed by atoms with Crippen molar-refractivity contribution in [3.8, 4) is 11.5 Å². The minimum absolute atomic E-state index is 0.000547. The van der Waals surface area contributed by atoms with E-state index < -0.39 is 58.0 Å². The normalized spacial score (nSPS) is 26.1. The summed E-state index contributed by atoms with van der Waals surface area (Å²) in [5.41, 5.74) is 3.75. The molecule has 1 aromatic heterocycles. The molecule has 0 spiro atoms. The molecule has 0 aliphatic carbocycles. The van der Waals surface area contributed by atoms with Crippen LogP contribution in [-0.4, -0.2) is 141 Å². The third kappa shape index (κ3) is 5.94. The predicted molar refractivity (Wildman–Crippen MR) is 177 cm³/mol. The highest BCUT2D eigenvalue weighted by molar-refractivity contribution is 8.00. The molecule has 0 radical (unpaired) electrons. The summed E-state index contributed by atoms with van der Waals surface area (Å²) >= 11 is 8.18. The summed E-state index contributed by atoms with van der Waals surface area (Å²) in [4.78, 5) is 76.1. The highest BCUT2D eigenvalue weighted by Crippen LogP contribution is 2.44. The molecule has 5 atom stereocenters. The van der Waals surface area contributed by atoms with Gasteiger partial charge in [0.05, 0.1) is 36.8 Å². The Balaban J connectivity index is 1.16. The Morgan fingerprint density at radius 3 is 2.56 bits per heavy atom. The van der Waals surface area contributed by atoms with Gasteiger partial charge in [-0.25, -0.2) is 9.59 Å². The van der Waals surface area contributed by atoms with Crippen molar-refractivity contribution in [2.75, 3.05) is 38.2 Å². The van der Waals surface area contributed by atoms with Crippen molar-refractivity contribution in [1.29, 1.82) is 0 Å². The van der Waals surface area contributed by atoms with Gasteiger partial charge in [0.2, 0.25) is 17.1 Å². The van der Waals surface area contributed by atoms with Crippen molar-refractivity contribution in [2.45, 2.75) is 49.4 Å². The maximum atomic E-state index is 13.4. The number of nitrogens with two attached hydrogens (primary N) is 1. The summed E-state index contributed by atoms with van der Waals surface area (Å²) in [5, 5.41) is 44.6. The Morgan fingerprint density at radius 2 is 1.96 bits per heavy atom. The van der Waals surface area contributed by atoms with Gasteiger partial charge >= 0.3 is 11.9 Å². The van der Waals surface area contributed by atoms with E-state index in [0.29, 0.717) is 36.1 Å². The van der Waals surface area contributed by atoms with Crippen LogP contribution < -0.4 is 11.1 Å². The van der Waals surface area contributed by atoms with Gasteiger partial charge in [0.15, 0.2) is 16.6 Å². The van der Waals surface area contributed by atoms with Gasteiger partial charge in [-0.2, -0.15) is 9.36 Å². The molecule has 3 amide bonds. The van der Waals surface area contributed by atoms with Gasteiger partial charge in [-0.3, -0.25) is 19.3 Å². The van der Waals surface area contributed by atoms with Gasteiger partial charge in [-0.15, -0.1) is 11.8 Å². The smallest absolute Gasteiger partial charge is 0.352 e. The number of carbonyl (C=O) groups excluding carboxylic acids is 3. The molecule has 3 saturated heterocycles. The minimum Gasteiger partial charge on any atom is -0.504 e. The number of carboxylic acid groups (broad SMARTS) is 2. The van der Waals surface area contributed by atoms with Gasteiger partial charge < -0.3 is 45.7 Å². The number of aromatic nitrogens is 2. The zero-order valence-corrected chi connectivity index (χ0v) is 29.1. The van der Waals surface area contributed by atoms with E-state index in [-0.39, 0.29) is 51.0 Å². The molecule has 18 nitrogen and oxygen atoms in total. The standard InChI is InChI=1S/C29H31ClN8O10S2/c1-29(2,27(46)47)48-34-17(21-33-28(31)50-35-21)22(41)32-18-24(43)37-19(26(44)45)11(10-49-25(18)37)8-38(3)9-12-6-13(38)7-36(12)23(42)14-4-5-15(39)20(40)16(14)30/h4-5,12-13,18,25H,6-10H2,1-3H3,(H6-,31,32,33,34,35,39,40,41,42,44,45,46,47)/p+1/t12-,13-,18-,25-,38?/m1/s1. The topological polar surface area (TPSA) is 258 Å². The molecule has 1 unspecified atom stereocenters. The number of aliphatic carboxylic acids is 2. The van der Waals surface area contributed by atoms with Crippen LogP contribution in [0.1, 0.15) is 36.5 Å². The number of piperazine rings is 1. The summed E-state index contributed by atoms with van der Waals surface area (Å²) in [6.45, 7) is 3.60. The second-order valence-electron chi connectivity index (χ2n) is 13.0. The highest BCUT2D eigenvalue weighted by Gasteiger charge is 2.58. The van der Waals surface area contributed by atoms with Crippen molar-refractivity contribution < 1.29 is 53.7 Å². The number of nitrogens with one attached hydrogen (secondary N) is 1. The number of thioether (sulfide) groups is 1. The first-order valence-corrected chi connectivity index (χ1v) is 17.3. The van der Waals surface area contributed by atoms with E-state index in [1.54, 1.807) is 4.90 Å². The van der Waals surface area contributed by atoms with Gasteiger partial charge in [-0.05, 0) is 26.0 Å². The van der Waals surface area contributed by atoms with Crippen LogP contribution in [0.2, 0.25) is 5.02 Å². The van der Waals surface area contributed by atoms with Gasteiger partial charge in [0, 0.05) is 29.3 Å². The second-order valence-corrected chi connectivity index (χ2v) is 15.3. The van der Waals surface area contributed by atoms with E-state index in [1.165, 1.54) is 37.7 Å². The molecule has 50 heavy (non-hydrogen) atoms. The third-order valence-electron chi connectivity index (χ3n) is 9.33. The van der Waals surface area contributed by atoms with Gasteiger partial charge in [0.25, 0.3) is 17.7 Å². The number of β-lactam (4-membered cyclic amide) rings is 1. The number of amides is 3. The monoisotopic (exact) mass is 751 g/mol. The molecule has 6 rings (SSSR count). The van der Waals surface area contributed by atoms with Gasteiger partial charge in [0.1, 0.15) is 29.7 Å². The maximum Gasteiger partial charge on any atom is 0.352 e. The lowest BCUT2D eigenvalue weighted by atomic mass is 10.0. The van der Waals surface area contributed by atoms with Crippen molar-refractivity contribution in [3.63, 3.8) is 0 Å². The number of likely N-dealkylation sites (tertiary alicyclic amines) is 2. The fourth-order valence-electron chi connectivity index (χ4n) is 6.63. The number of aromatic hydroxyl groups is 2. The average Bonchev–Trinajstić information content (AvgIpc) is 3.76. The number of phenolic OH excluding ortho intramolecular Hbond substituents is 2. The van der Waals surface area contributed by atoms with Crippen LogP contribution in [0, 0.1) is 0 Å². The summed E-state index contributed by atoms with van der Waals surface area (Å²) < 4.78 is 4.37. The molecule has 3 fully saturated rings. The van der Waals surface area contributed by atoms with Gasteiger partial charge in [-0.1, -0.05) is 16.8 Å². The molecule has 0 saturated carbocycles. The number of quaternary nitrogens is 1. The Kier molecular flexibility index (Phi) is 8.86. The molecule has 2 bridgehead atoms. The number of anilines is 1. The molecule has 4 aliphatic rings. The predicted octanol–water partition coefficient (Wildman–Crippen LogP) is 0.251. The zero-order valence-electron chi connectivity index (χ0n) is 26.7. The molecule has 4 aliphatic heterocycles. The number of rotatable bonds is 10. The molecular formula is C29H32ClN8O10S2+. The number of nitrogen functional groups attached to an aromatic ring is 1. The summed E-state index contributed by atoms with van der Waals surface area (Å²) in [7, 11) is 1.98. The number of hydrogen-bond acceptors (Lipinski definition) is 14. The number of likely N-dealkylation sites (N-methyl/N-ethyl adjacent to an activating group) is 1.